The van der Waals surface area contributed by atoms with Gasteiger partial charge in [-0.1, -0.05) is 6.07 Å². The van der Waals surface area contributed by atoms with Gasteiger partial charge in [0.05, 0.1) is 12.2 Å². The number of carboxylic acid groups (broad SMARTS) is 1. The van der Waals surface area contributed by atoms with Crippen LogP contribution in [0, 0.1) is 5.82 Å². The summed E-state index contributed by atoms with van der Waals surface area (Å²) < 4.78 is 14.0. The maximum absolute atomic E-state index is 14.0. The predicted molar refractivity (Wildman–Crippen MR) is 80.2 cm³/mol. The Hall–Kier alpha value is -2.15. The Balaban J connectivity index is 2.01. The highest BCUT2D eigenvalue weighted by Crippen LogP contribution is 2.22. The Morgan fingerprint density at radius 3 is 2.55 bits per heavy atom. The molecule has 1 aliphatic heterocycles. The lowest BCUT2D eigenvalue weighted by Gasteiger charge is -2.35. The van der Waals surface area contributed by atoms with Gasteiger partial charge in [-0.2, -0.15) is 0 Å². The van der Waals surface area contributed by atoms with Gasteiger partial charge < -0.3 is 20.2 Å². The molecule has 1 heterocycles. The van der Waals surface area contributed by atoms with Gasteiger partial charge in [0.25, 0.3) is 0 Å². The Labute approximate surface area is 128 Å². The number of piperazine rings is 1. The lowest BCUT2D eigenvalue weighted by molar-refractivity contribution is -0.136. The van der Waals surface area contributed by atoms with Gasteiger partial charge in [-0.15, -0.1) is 0 Å². The zero-order chi connectivity index (χ0) is 16.1. The van der Waals surface area contributed by atoms with Crippen molar-refractivity contribution in [3.8, 4) is 0 Å². The molecule has 0 aromatic heterocycles. The summed E-state index contributed by atoms with van der Waals surface area (Å²) in [6, 6.07) is 4.76. The van der Waals surface area contributed by atoms with Crippen molar-refractivity contribution < 1.29 is 19.1 Å². The molecule has 22 heavy (non-hydrogen) atoms. The van der Waals surface area contributed by atoms with E-state index in [1.54, 1.807) is 17.0 Å². The first-order valence-electron chi connectivity index (χ1n) is 7.19. The van der Waals surface area contributed by atoms with Gasteiger partial charge in [0.2, 0.25) is 5.91 Å². The number of hydrogen-bond donors (Lipinski definition) is 2. The van der Waals surface area contributed by atoms with Crippen molar-refractivity contribution in [3.63, 3.8) is 0 Å². The normalized spacial score (nSPS) is 15.0. The lowest BCUT2D eigenvalue weighted by atomic mass is 10.1. The number of carbonyl (C=O) groups excluding carboxylic acids is 1. The summed E-state index contributed by atoms with van der Waals surface area (Å²) in [5.41, 5.74) is 1.32. The van der Waals surface area contributed by atoms with E-state index in [0.29, 0.717) is 38.4 Å². The smallest absolute Gasteiger partial charge is 0.317 e. The van der Waals surface area contributed by atoms with Gasteiger partial charge in [0, 0.05) is 39.6 Å². The molecule has 1 aromatic carbocycles. The molecule has 0 aliphatic carbocycles. The van der Waals surface area contributed by atoms with Gasteiger partial charge in [-0.25, -0.2) is 4.39 Å². The molecular formula is C15H20FN3O3. The Morgan fingerprint density at radius 1 is 1.27 bits per heavy atom. The highest BCUT2D eigenvalue weighted by atomic mass is 19.1. The largest absolute Gasteiger partial charge is 0.480 e. The monoisotopic (exact) mass is 309 g/mol. The van der Waals surface area contributed by atoms with Gasteiger partial charge in [-0.05, 0) is 17.7 Å². The third kappa shape index (κ3) is 4.17. The highest BCUT2D eigenvalue weighted by molar-refractivity contribution is 5.73. The van der Waals surface area contributed by atoms with Gasteiger partial charge in [-0.3, -0.25) is 9.59 Å². The topological polar surface area (TPSA) is 72.9 Å². The van der Waals surface area contributed by atoms with E-state index < -0.39 is 5.97 Å². The Kier molecular flexibility index (Phi) is 5.32. The third-order valence-corrected chi connectivity index (χ3v) is 3.68. The molecule has 2 N–H and O–H groups in total. The predicted octanol–water partition coefficient (Wildman–Crippen LogP) is 0.668. The zero-order valence-corrected chi connectivity index (χ0v) is 12.5. The van der Waals surface area contributed by atoms with E-state index >= 15 is 0 Å². The molecule has 0 spiro atoms. The van der Waals surface area contributed by atoms with Crippen LogP contribution in [0.25, 0.3) is 0 Å². The van der Waals surface area contributed by atoms with Crippen molar-refractivity contribution in [2.45, 2.75) is 13.5 Å². The fourth-order valence-electron chi connectivity index (χ4n) is 2.49. The van der Waals surface area contributed by atoms with Crippen molar-refractivity contribution in [2.75, 3.05) is 37.6 Å². The zero-order valence-electron chi connectivity index (χ0n) is 12.5. The number of hydrogen-bond acceptors (Lipinski definition) is 4. The van der Waals surface area contributed by atoms with Crippen LogP contribution in [0.5, 0.6) is 0 Å². The minimum Gasteiger partial charge on any atom is -0.480 e. The second-order valence-electron chi connectivity index (χ2n) is 5.28. The van der Waals surface area contributed by atoms with Crippen molar-refractivity contribution in [1.82, 2.24) is 10.2 Å². The maximum atomic E-state index is 14.0. The van der Waals surface area contributed by atoms with Crippen molar-refractivity contribution in [2.24, 2.45) is 0 Å². The van der Waals surface area contributed by atoms with Crippen LogP contribution in [0.2, 0.25) is 0 Å². The molecular weight excluding hydrogens is 289 g/mol. The molecule has 2 rings (SSSR count). The number of amides is 1. The van der Waals surface area contributed by atoms with Gasteiger partial charge >= 0.3 is 5.97 Å². The van der Waals surface area contributed by atoms with E-state index in [-0.39, 0.29) is 18.3 Å². The standard InChI is InChI=1S/C15H20FN3O3/c1-11(20)18-4-6-19(7-5-18)14-8-12(2-3-13(14)16)9-17-10-15(21)22/h2-3,8,17H,4-7,9-10H2,1H3,(H,21,22). The second-order valence-corrected chi connectivity index (χ2v) is 5.28. The van der Waals surface area contributed by atoms with Crippen LogP contribution >= 0.6 is 0 Å². The number of carboxylic acids is 1. The molecule has 1 saturated heterocycles. The number of halogens is 1. The molecule has 0 saturated carbocycles. The van der Waals surface area contributed by atoms with Crippen LogP contribution in [0.15, 0.2) is 18.2 Å². The van der Waals surface area contributed by atoms with Gasteiger partial charge in [0.15, 0.2) is 0 Å². The van der Waals surface area contributed by atoms with Crippen molar-refractivity contribution in [3.05, 3.63) is 29.6 Å². The van der Waals surface area contributed by atoms with Gasteiger partial charge in [0.1, 0.15) is 5.82 Å². The molecule has 1 fully saturated rings. The fourth-order valence-corrected chi connectivity index (χ4v) is 2.49. The summed E-state index contributed by atoms with van der Waals surface area (Å²) in [6.07, 6.45) is 0. The van der Waals surface area contributed by atoms with Crippen LogP contribution in [-0.2, 0) is 16.1 Å². The highest BCUT2D eigenvalue weighted by Gasteiger charge is 2.21. The number of nitrogens with one attached hydrogen (secondary N) is 1. The SMILES string of the molecule is CC(=O)N1CCN(c2cc(CNCC(=O)O)ccc2F)CC1. The molecule has 6 nitrogen and oxygen atoms in total. The molecule has 7 heteroatoms. The van der Waals surface area contributed by atoms with E-state index in [9.17, 15) is 14.0 Å². The van der Waals surface area contributed by atoms with Crippen LogP contribution in [-0.4, -0.2) is 54.6 Å². The van der Waals surface area contributed by atoms with E-state index in [0.717, 1.165) is 5.56 Å². The number of benzene rings is 1. The van der Waals surface area contributed by atoms with Crippen LogP contribution in [0.1, 0.15) is 12.5 Å². The molecule has 0 bridgehead atoms. The number of aliphatic carboxylic acids is 1. The van der Waals surface area contributed by atoms with E-state index in [4.69, 9.17) is 5.11 Å². The average molecular weight is 309 g/mol. The number of anilines is 1. The molecule has 120 valence electrons. The summed E-state index contributed by atoms with van der Waals surface area (Å²) in [5, 5.41) is 11.4. The molecule has 0 atom stereocenters. The summed E-state index contributed by atoms with van der Waals surface area (Å²) in [6.45, 7) is 4.10. The lowest BCUT2D eigenvalue weighted by Crippen LogP contribution is -2.48. The third-order valence-electron chi connectivity index (χ3n) is 3.68. The molecule has 1 aromatic rings. The Morgan fingerprint density at radius 2 is 1.95 bits per heavy atom. The molecule has 0 radical (unpaired) electrons. The quantitative estimate of drug-likeness (QED) is 0.836. The summed E-state index contributed by atoms with van der Waals surface area (Å²) >= 11 is 0. The molecule has 1 amide bonds. The first-order valence-corrected chi connectivity index (χ1v) is 7.19. The van der Waals surface area contributed by atoms with Crippen molar-refractivity contribution >= 4 is 17.6 Å². The van der Waals surface area contributed by atoms with E-state index in [1.807, 2.05) is 4.90 Å². The number of nitrogens with zero attached hydrogens (tertiary/aromatic N) is 2. The average Bonchev–Trinajstić information content (AvgIpc) is 2.49. The fraction of sp³-hybridized carbons (Fsp3) is 0.467. The second kappa shape index (κ2) is 7.22. The van der Waals surface area contributed by atoms with E-state index in [2.05, 4.69) is 5.32 Å². The summed E-state index contributed by atoms with van der Waals surface area (Å²) in [4.78, 5) is 25.4. The molecule has 1 aliphatic rings. The van der Waals surface area contributed by atoms with Crippen molar-refractivity contribution in [1.29, 1.82) is 0 Å². The van der Waals surface area contributed by atoms with Crippen LogP contribution in [0.3, 0.4) is 0 Å². The first kappa shape index (κ1) is 16.2. The van der Waals surface area contributed by atoms with E-state index in [1.165, 1.54) is 13.0 Å². The number of carbonyl (C=O) groups is 2. The van der Waals surface area contributed by atoms with Crippen LogP contribution in [0.4, 0.5) is 10.1 Å². The maximum Gasteiger partial charge on any atom is 0.317 e. The van der Waals surface area contributed by atoms with Crippen LogP contribution < -0.4 is 10.2 Å². The summed E-state index contributed by atoms with van der Waals surface area (Å²) in [7, 11) is 0. The first-order chi connectivity index (χ1) is 10.5. The molecule has 0 unspecified atom stereocenters. The number of rotatable bonds is 5. The summed E-state index contributed by atoms with van der Waals surface area (Å²) in [5.74, 6) is -1.20. The Bertz CT molecular complexity index is 557. The minimum absolute atomic E-state index is 0.0340. The minimum atomic E-state index is -0.928.